The zero-order valence-electron chi connectivity index (χ0n) is 15.6. The van der Waals surface area contributed by atoms with Crippen LogP contribution in [0.5, 0.6) is 5.75 Å². The van der Waals surface area contributed by atoms with Gasteiger partial charge in [-0.3, -0.25) is 9.59 Å². The predicted molar refractivity (Wildman–Crippen MR) is 102 cm³/mol. The maximum absolute atomic E-state index is 12.3. The van der Waals surface area contributed by atoms with Crippen molar-refractivity contribution < 1.29 is 24.5 Å². The van der Waals surface area contributed by atoms with E-state index in [0.717, 1.165) is 19.5 Å². The van der Waals surface area contributed by atoms with Gasteiger partial charge in [0.05, 0.1) is 12.6 Å². The van der Waals surface area contributed by atoms with Gasteiger partial charge in [-0.15, -0.1) is 0 Å². The third-order valence-electron chi connectivity index (χ3n) is 4.97. The van der Waals surface area contributed by atoms with Crippen LogP contribution in [-0.4, -0.2) is 78.3 Å². The van der Waals surface area contributed by atoms with Crippen LogP contribution in [-0.2, 0) is 9.59 Å². The van der Waals surface area contributed by atoms with E-state index in [1.54, 1.807) is 12.1 Å². The van der Waals surface area contributed by atoms with Gasteiger partial charge in [-0.1, -0.05) is 17.7 Å². The first-order valence-electron chi connectivity index (χ1n) is 8.94. The molecule has 1 aliphatic heterocycles. The van der Waals surface area contributed by atoms with Crippen LogP contribution in [0.25, 0.3) is 0 Å². The van der Waals surface area contributed by atoms with Gasteiger partial charge >= 0.3 is 0 Å². The molecule has 1 saturated heterocycles. The first-order chi connectivity index (χ1) is 12.8. The van der Waals surface area contributed by atoms with E-state index in [4.69, 9.17) is 26.2 Å². The van der Waals surface area contributed by atoms with E-state index in [9.17, 15) is 9.90 Å². The van der Waals surface area contributed by atoms with Crippen LogP contribution in [0.4, 0.5) is 0 Å². The lowest BCUT2D eigenvalue weighted by Crippen LogP contribution is -2.42. The number of nitrogens with zero attached hydrogens (tertiary/aromatic N) is 2. The number of halogens is 1. The number of carboxylic acid groups (broad SMARTS) is 1. The zero-order valence-corrected chi connectivity index (χ0v) is 16.4. The standard InChI is InChI=1S/C18H25ClN2O3.CH2O2/c1-20(2)11-18(23)21-9-12-6-16(22)17(7-13(12)10-21)24-15-5-3-4-14(19)8-15;2-1-3/h3-5,8,12-13,16-17,22H,6-7,9-11H2,1-2H3;1H,(H,2,3)/t12-,13+,16+,17+;/m0./s1. The number of likely N-dealkylation sites (N-methyl/N-ethyl adjacent to an activating group) is 1. The summed E-state index contributed by atoms with van der Waals surface area (Å²) in [7, 11) is 3.80. The highest BCUT2D eigenvalue weighted by atomic mass is 35.5. The van der Waals surface area contributed by atoms with Crippen molar-refractivity contribution in [2.75, 3.05) is 33.7 Å². The van der Waals surface area contributed by atoms with Gasteiger partial charge in [0.2, 0.25) is 5.91 Å². The van der Waals surface area contributed by atoms with Gasteiger partial charge in [-0.2, -0.15) is 0 Å². The summed E-state index contributed by atoms with van der Waals surface area (Å²) in [4.78, 5) is 24.5. The van der Waals surface area contributed by atoms with Crippen molar-refractivity contribution in [3.8, 4) is 5.75 Å². The molecule has 150 valence electrons. The highest BCUT2D eigenvalue weighted by Gasteiger charge is 2.43. The molecule has 0 radical (unpaired) electrons. The third-order valence-corrected chi connectivity index (χ3v) is 5.21. The van der Waals surface area contributed by atoms with Gasteiger partial charge in [-0.05, 0) is 57.0 Å². The second kappa shape index (κ2) is 9.92. The quantitative estimate of drug-likeness (QED) is 0.748. The van der Waals surface area contributed by atoms with Crippen LogP contribution in [0.2, 0.25) is 5.02 Å². The number of aliphatic hydroxyl groups is 1. The molecule has 1 aromatic carbocycles. The summed E-state index contributed by atoms with van der Waals surface area (Å²) in [5, 5.41) is 18.0. The monoisotopic (exact) mass is 398 g/mol. The average molecular weight is 399 g/mol. The van der Waals surface area contributed by atoms with Gasteiger partial charge in [-0.25, -0.2) is 0 Å². The van der Waals surface area contributed by atoms with E-state index in [1.807, 2.05) is 36.0 Å². The summed E-state index contributed by atoms with van der Waals surface area (Å²) in [5.74, 6) is 1.61. The minimum absolute atomic E-state index is 0.163. The number of amides is 1. The summed E-state index contributed by atoms with van der Waals surface area (Å²) < 4.78 is 5.97. The van der Waals surface area contributed by atoms with Crippen LogP contribution in [0.15, 0.2) is 24.3 Å². The molecule has 2 aliphatic rings. The molecule has 1 amide bonds. The van der Waals surface area contributed by atoms with Gasteiger partial charge < -0.3 is 24.7 Å². The van der Waals surface area contributed by atoms with Crippen molar-refractivity contribution in [1.29, 1.82) is 0 Å². The molecule has 3 rings (SSSR count). The number of likely N-dealkylation sites (tertiary alicyclic amines) is 1. The fraction of sp³-hybridized carbons (Fsp3) is 0.579. The maximum Gasteiger partial charge on any atom is 0.290 e. The molecule has 0 aromatic heterocycles. The molecule has 8 heteroatoms. The maximum atomic E-state index is 12.3. The van der Waals surface area contributed by atoms with Gasteiger partial charge in [0, 0.05) is 18.1 Å². The normalized spacial score (nSPS) is 26.8. The lowest BCUT2D eigenvalue weighted by atomic mass is 9.78. The molecule has 7 nitrogen and oxygen atoms in total. The van der Waals surface area contributed by atoms with E-state index in [-0.39, 0.29) is 18.5 Å². The number of rotatable bonds is 4. The first-order valence-corrected chi connectivity index (χ1v) is 9.32. The Morgan fingerprint density at radius 3 is 2.56 bits per heavy atom. The van der Waals surface area contributed by atoms with E-state index in [2.05, 4.69) is 0 Å². The minimum Gasteiger partial charge on any atom is -0.488 e. The third kappa shape index (κ3) is 6.09. The Kier molecular flexibility index (Phi) is 7.89. The highest BCUT2D eigenvalue weighted by Crippen LogP contribution is 2.38. The molecule has 0 spiro atoms. The molecule has 1 aromatic rings. The molecule has 1 heterocycles. The summed E-state index contributed by atoms with van der Waals surface area (Å²) in [5.41, 5.74) is 0. The van der Waals surface area contributed by atoms with Gasteiger partial charge in [0.15, 0.2) is 0 Å². The average Bonchev–Trinajstić information content (AvgIpc) is 2.98. The summed E-state index contributed by atoms with van der Waals surface area (Å²) in [6, 6.07) is 7.26. The molecule has 27 heavy (non-hydrogen) atoms. The minimum atomic E-state index is -0.505. The Hall–Kier alpha value is -1.83. The van der Waals surface area contributed by atoms with Crippen LogP contribution >= 0.6 is 11.6 Å². The van der Waals surface area contributed by atoms with Gasteiger partial charge in [0.25, 0.3) is 6.47 Å². The lowest BCUT2D eigenvalue weighted by Gasteiger charge is -2.35. The molecular weight excluding hydrogens is 372 g/mol. The topological polar surface area (TPSA) is 90.3 Å². The molecule has 4 atom stereocenters. The number of aliphatic hydroxyl groups excluding tert-OH is 1. The van der Waals surface area contributed by atoms with Crippen LogP contribution in [0.3, 0.4) is 0 Å². The van der Waals surface area contributed by atoms with Crippen molar-refractivity contribution in [2.24, 2.45) is 11.8 Å². The number of carbonyl (C=O) groups is 2. The molecule has 2 N–H and O–H groups in total. The molecule has 0 bridgehead atoms. The van der Waals surface area contributed by atoms with Crippen LogP contribution in [0.1, 0.15) is 12.8 Å². The predicted octanol–water partition coefficient (Wildman–Crippen LogP) is 1.58. The van der Waals surface area contributed by atoms with Crippen molar-refractivity contribution in [3.05, 3.63) is 29.3 Å². The number of hydrogen-bond acceptors (Lipinski definition) is 5. The van der Waals surface area contributed by atoms with Crippen molar-refractivity contribution in [1.82, 2.24) is 9.80 Å². The molecule has 1 aliphatic carbocycles. The summed E-state index contributed by atoms with van der Waals surface area (Å²) in [6.45, 7) is 1.70. The Morgan fingerprint density at radius 2 is 1.96 bits per heavy atom. The Bertz CT molecular complexity index is 642. The fourth-order valence-electron chi connectivity index (χ4n) is 3.81. The zero-order chi connectivity index (χ0) is 20.0. The number of fused-ring (bicyclic) bond motifs is 1. The van der Waals surface area contributed by atoms with E-state index in [0.29, 0.717) is 35.6 Å². The Balaban J connectivity index is 0.000000817. The summed E-state index contributed by atoms with van der Waals surface area (Å²) in [6.07, 6.45) is 0.703. The molecule has 0 unspecified atom stereocenters. The molecule has 2 fully saturated rings. The number of carbonyl (C=O) groups excluding carboxylic acids is 1. The van der Waals surface area contributed by atoms with Gasteiger partial charge in [0.1, 0.15) is 11.9 Å². The first kappa shape index (κ1) is 21.5. The van der Waals surface area contributed by atoms with Crippen LogP contribution < -0.4 is 4.74 Å². The van der Waals surface area contributed by atoms with Crippen molar-refractivity contribution >= 4 is 24.0 Å². The van der Waals surface area contributed by atoms with Crippen LogP contribution in [0, 0.1) is 11.8 Å². The summed E-state index contributed by atoms with van der Waals surface area (Å²) >= 11 is 5.99. The van der Waals surface area contributed by atoms with E-state index in [1.165, 1.54) is 0 Å². The Labute approximate surface area is 164 Å². The van der Waals surface area contributed by atoms with E-state index < -0.39 is 6.10 Å². The van der Waals surface area contributed by atoms with Crippen molar-refractivity contribution in [3.63, 3.8) is 0 Å². The number of benzene rings is 1. The lowest BCUT2D eigenvalue weighted by molar-refractivity contribution is -0.131. The number of ether oxygens (including phenoxy) is 1. The Morgan fingerprint density at radius 1 is 1.33 bits per heavy atom. The fourth-order valence-corrected chi connectivity index (χ4v) is 3.99. The SMILES string of the molecule is CN(C)CC(=O)N1C[C@H]2C[C@@H](Oc3cccc(Cl)c3)[C@H](O)C[C@H]2C1.O=CO. The van der Waals surface area contributed by atoms with E-state index >= 15 is 0 Å². The highest BCUT2D eigenvalue weighted by molar-refractivity contribution is 6.30. The smallest absolute Gasteiger partial charge is 0.290 e. The second-order valence-electron chi connectivity index (χ2n) is 7.31. The molecular formula is C19H27ClN2O5. The largest absolute Gasteiger partial charge is 0.488 e. The molecule has 1 saturated carbocycles. The number of hydrogen-bond donors (Lipinski definition) is 2. The van der Waals surface area contributed by atoms with Crippen molar-refractivity contribution in [2.45, 2.75) is 25.0 Å². The second-order valence-corrected chi connectivity index (χ2v) is 7.75.